The number of hydrogen-bond acceptors (Lipinski definition) is 7. The largest absolute Gasteiger partial charge is 0.444 e. The van der Waals surface area contributed by atoms with E-state index >= 15 is 0 Å². The van der Waals surface area contributed by atoms with Gasteiger partial charge in [0.15, 0.2) is 5.82 Å². The number of imidazole rings is 1. The van der Waals surface area contributed by atoms with Crippen molar-refractivity contribution < 1.29 is 14.3 Å². The molecule has 3 rings (SSSR count). The Morgan fingerprint density at radius 1 is 1.20 bits per heavy atom. The highest BCUT2D eigenvalue weighted by Crippen LogP contribution is 2.29. The van der Waals surface area contributed by atoms with Gasteiger partial charge >= 0.3 is 6.09 Å². The molecule has 1 amide bonds. The molecule has 0 spiro atoms. The quantitative estimate of drug-likeness (QED) is 0.635. The Kier molecular flexibility index (Phi) is 5.85. The second kappa shape index (κ2) is 8.06. The molecule has 0 saturated carbocycles. The van der Waals surface area contributed by atoms with Gasteiger partial charge in [0.25, 0.3) is 0 Å². The molecule has 0 aromatic carbocycles. The van der Waals surface area contributed by atoms with Crippen molar-refractivity contribution in [3.63, 3.8) is 0 Å². The lowest BCUT2D eigenvalue weighted by molar-refractivity contribution is 0.0462. The zero-order valence-electron chi connectivity index (χ0n) is 18.4. The fourth-order valence-corrected chi connectivity index (χ4v) is 3.26. The molecule has 0 bridgehead atoms. The number of carbonyl (C=O) groups excluding carboxylic acids is 1. The van der Waals surface area contributed by atoms with Crippen molar-refractivity contribution in [2.45, 2.75) is 65.8 Å². The average Bonchev–Trinajstić information content (AvgIpc) is 2.96. The molecular formula is C21H30N6O3. The number of aromatic nitrogens is 4. The van der Waals surface area contributed by atoms with Crippen LogP contribution < -0.4 is 11.1 Å². The Morgan fingerprint density at radius 3 is 2.60 bits per heavy atom. The highest BCUT2D eigenvalue weighted by Gasteiger charge is 2.28. The van der Waals surface area contributed by atoms with Gasteiger partial charge in [0, 0.05) is 19.3 Å². The summed E-state index contributed by atoms with van der Waals surface area (Å²) in [5.41, 5.74) is 7.71. The molecule has 162 valence electrons. The Morgan fingerprint density at radius 2 is 1.93 bits per heavy atom. The summed E-state index contributed by atoms with van der Waals surface area (Å²) < 4.78 is 13.0. The van der Waals surface area contributed by atoms with E-state index in [2.05, 4.69) is 20.3 Å². The number of nitrogens with zero attached hydrogens (tertiary/aromatic N) is 4. The summed E-state index contributed by atoms with van der Waals surface area (Å²) >= 11 is 0. The van der Waals surface area contributed by atoms with E-state index in [1.54, 1.807) is 6.20 Å². The van der Waals surface area contributed by atoms with Crippen LogP contribution in [0, 0.1) is 0 Å². The van der Waals surface area contributed by atoms with Crippen LogP contribution in [-0.4, -0.2) is 43.4 Å². The number of carbonyl (C=O) groups is 1. The Labute approximate surface area is 176 Å². The number of hydrogen-bond donors (Lipinski definition) is 2. The first kappa shape index (κ1) is 21.8. The van der Waals surface area contributed by atoms with Crippen molar-refractivity contribution in [1.29, 1.82) is 0 Å². The molecule has 0 fully saturated rings. The van der Waals surface area contributed by atoms with Crippen molar-refractivity contribution in [3.05, 3.63) is 24.2 Å². The number of nitrogen functional groups attached to an aromatic ring is 1. The maximum atomic E-state index is 12.4. The van der Waals surface area contributed by atoms with Crippen LogP contribution in [0.15, 0.2) is 18.3 Å². The van der Waals surface area contributed by atoms with Gasteiger partial charge in [-0.3, -0.25) is 4.98 Å². The van der Waals surface area contributed by atoms with Crippen LogP contribution in [0.3, 0.4) is 0 Å². The number of alkyl carbamates (subject to hydrolysis) is 1. The molecule has 0 aliphatic rings. The van der Waals surface area contributed by atoms with Gasteiger partial charge in [-0.05, 0) is 53.7 Å². The summed E-state index contributed by atoms with van der Waals surface area (Å²) in [6.07, 6.45) is 1.23. The smallest absolute Gasteiger partial charge is 0.408 e. The summed E-state index contributed by atoms with van der Waals surface area (Å²) in [6, 6.07) is 3.68. The number of pyridine rings is 2. The molecule has 0 aliphatic heterocycles. The van der Waals surface area contributed by atoms with Gasteiger partial charge in [-0.2, -0.15) is 0 Å². The third-order valence-electron chi connectivity index (χ3n) is 4.37. The van der Waals surface area contributed by atoms with Crippen molar-refractivity contribution >= 4 is 34.0 Å². The predicted molar refractivity (Wildman–Crippen MR) is 116 cm³/mol. The van der Waals surface area contributed by atoms with Crippen LogP contribution in [0.2, 0.25) is 0 Å². The minimum absolute atomic E-state index is 0.307. The van der Waals surface area contributed by atoms with Gasteiger partial charge in [0.2, 0.25) is 0 Å². The predicted octanol–water partition coefficient (Wildman–Crippen LogP) is 3.40. The molecule has 0 radical (unpaired) electrons. The van der Waals surface area contributed by atoms with Crippen LogP contribution in [0.4, 0.5) is 10.6 Å². The summed E-state index contributed by atoms with van der Waals surface area (Å²) in [7, 11) is 0. The van der Waals surface area contributed by atoms with E-state index in [-0.39, 0.29) is 0 Å². The summed E-state index contributed by atoms with van der Waals surface area (Å²) in [5, 5.41) is 2.94. The lowest BCUT2D eigenvalue weighted by atomic mass is 10.1. The maximum absolute atomic E-state index is 12.4. The number of nitrogens with one attached hydrogen (secondary N) is 1. The summed E-state index contributed by atoms with van der Waals surface area (Å²) in [5.74, 6) is 1.03. The Hall–Kier alpha value is -2.94. The number of rotatable bonds is 6. The van der Waals surface area contributed by atoms with Crippen LogP contribution in [-0.2, 0) is 22.6 Å². The van der Waals surface area contributed by atoms with Crippen LogP contribution in [0.25, 0.3) is 22.1 Å². The van der Waals surface area contributed by atoms with Gasteiger partial charge in [0.05, 0.1) is 11.1 Å². The van der Waals surface area contributed by atoms with Crippen LogP contribution in [0.1, 0.15) is 47.4 Å². The Balaban J connectivity index is 2.07. The zero-order valence-corrected chi connectivity index (χ0v) is 18.4. The highest BCUT2D eigenvalue weighted by molar-refractivity contribution is 6.04. The molecule has 3 N–H and O–H groups in total. The first-order valence-corrected chi connectivity index (χ1v) is 9.99. The fraction of sp³-hybridized carbons (Fsp3) is 0.524. The highest BCUT2D eigenvalue weighted by atomic mass is 16.6. The van der Waals surface area contributed by atoms with E-state index in [9.17, 15) is 4.79 Å². The van der Waals surface area contributed by atoms with E-state index in [4.69, 9.17) is 15.2 Å². The third-order valence-corrected chi connectivity index (χ3v) is 4.37. The minimum atomic E-state index is -0.643. The van der Waals surface area contributed by atoms with Crippen LogP contribution in [0.5, 0.6) is 0 Å². The van der Waals surface area contributed by atoms with E-state index in [1.807, 2.05) is 58.2 Å². The average molecular weight is 415 g/mol. The number of nitrogens with two attached hydrogens (primary N) is 1. The molecule has 0 atom stereocenters. The van der Waals surface area contributed by atoms with Gasteiger partial charge in [-0.1, -0.05) is 0 Å². The van der Waals surface area contributed by atoms with E-state index in [0.717, 1.165) is 5.52 Å². The molecule has 0 saturated heterocycles. The number of amides is 1. The molecule has 9 nitrogen and oxygen atoms in total. The lowest BCUT2D eigenvalue weighted by Gasteiger charge is -2.29. The summed E-state index contributed by atoms with van der Waals surface area (Å²) in [6.45, 7) is 12.5. The number of anilines is 1. The van der Waals surface area contributed by atoms with E-state index < -0.39 is 17.2 Å². The Bertz CT molecular complexity index is 1070. The fourth-order valence-electron chi connectivity index (χ4n) is 3.26. The third kappa shape index (κ3) is 4.79. The molecule has 0 unspecified atom stereocenters. The van der Waals surface area contributed by atoms with Gasteiger partial charge in [0.1, 0.15) is 34.6 Å². The van der Waals surface area contributed by atoms with E-state index in [1.165, 1.54) is 0 Å². The van der Waals surface area contributed by atoms with Crippen molar-refractivity contribution in [2.75, 3.05) is 12.3 Å². The molecule has 3 aromatic rings. The number of fused-ring (bicyclic) bond motifs is 3. The zero-order chi connectivity index (χ0) is 22.1. The van der Waals surface area contributed by atoms with Gasteiger partial charge in [-0.25, -0.2) is 14.8 Å². The molecule has 30 heavy (non-hydrogen) atoms. The normalized spacial score (nSPS) is 12.5. The van der Waals surface area contributed by atoms with Crippen molar-refractivity contribution in [3.8, 4) is 0 Å². The maximum Gasteiger partial charge on any atom is 0.408 e. The van der Waals surface area contributed by atoms with Crippen molar-refractivity contribution in [1.82, 2.24) is 24.8 Å². The SMILES string of the molecule is CCOCc1nc2c(N)nc3cccnc3c2n1CC(C)(C)NC(=O)OC(C)(C)C. The second-order valence-electron chi connectivity index (χ2n) is 8.83. The molecular weight excluding hydrogens is 384 g/mol. The lowest BCUT2D eigenvalue weighted by Crippen LogP contribution is -2.48. The van der Waals surface area contributed by atoms with Gasteiger partial charge < -0.3 is 25.1 Å². The first-order chi connectivity index (χ1) is 14.0. The van der Waals surface area contributed by atoms with Crippen LogP contribution >= 0.6 is 0 Å². The monoisotopic (exact) mass is 414 g/mol. The molecule has 3 heterocycles. The topological polar surface area (TPSA) is 117 Å². The first-order valence-electron chi connectivity index (χ1n) is 9.99. The van der Waals surface area contributed by atoms with E-state index in [0.29, 0.717) is 48.0 Å². The van der Waals surface area contributed by atoms with Crippen molar-refractivity contribution in [2.24, 2.45) is 0 Å². The van der Waals surface area contributed by atoms with Gasteiger partial charge in [-0.15, -0.1) is 0 Å². The molecule has 9 heteroatoms. The summed E-state index contributed by atoms with van der Waals surface area (Å²) in [4.78, 5) is 26.0. The standard InChI is InChI=1S/C21H30N6O3/c1-7-29-11-14-25-16-17(15-13(24-18(16)22)9-8-10-23-15)27(14)12-21(5,6)26-19(28)30-20(2,3)4/h8-10H,7,11-12H2,1-6H3,(H2,22,24)(H,26,28). The molecule has 0 aliphatic carbocycles. The second-order valence-corrected chi connectivity index (χ2v) is 8.83. The number of ether oxygens (including phenoxy) is 2. The molecule has 3 aromatic heterocycles. The minimum Gasteiger partial charge on any atom is -0.444 e.